The van der Waals surface area contributed by atoms with Crippen molar-refractivity contribution in [2.24, 2.45) is 21.5 Å². The lowest BCUT2D eigenvalue weighted by atomic mass is 10.1. The molecule has 1 unspecified atom stereocenters. The van der Waals surface area contributed by atoms with Crippen LogP contribution in [0.4, 0.5) is 0 Å². The van der Waals surface area contributed by atoms with E-state index in [2.05, 4.69) is 9.98 Å². The molecule has 1 aromatic carbocycles. The molecule has 0 aliphatic rings. The summed E-state index contributed by atoms with van der Waals surface area (Å²) in [6, 6.07) is 3.66. The van der Waals surface area contributed by atoms with Gasteiger partial charge in [0.1, 0.15) is 11.8 Å². The standard InChI is InChI=1S/C13H17ClN4O3/c14-9-3-1-5-11(19)8(9)7-18-10(12(20)21)4-2-6-17-13(15)16/h1,3,5,7,10,19H,2,4,6H2,(H,20,21)(H4,15,16,17). The van der Waals surface area contributed by atoms with Crippen LogP contribution in [0.3, 0.4) is 0 Å². The number of benzene rings is 1. The van der Waals surface area contributed by atoms with Crippen LogP contribution in [0, 0.1) is 0 Å². The number of phenolic OH excluding ortho intramolecular Hbond substituents is 1. The molecule has 0 aromatic heterocycles. The van der Waals surface area contributed by atoms with Crippen LogP contribution < -0.4 is 11.5 Å². The van der Waals surface area contributed by atoms with Gasteiger partial charge in [-0.05, 0) is 25.0 Å². The zero-order valence-corrected chi connectivity index (χ0v) is 12.0. The Morgan fingerprint density at radius 2 is 2.14 bits per heavy atom. The van der Waals surface area contributed by atoms with E-state index in [1.54, 1.807) is 12.1 Å². The maximum atomic E-state index is 11.1. The van der Waals surface area contributed by atoms with Crippen molar-refractivity contribution < 1.29 is 15.0 Å². The molecule has 6 N–H and O–H groups in total. The maximum absolute atomic E-state index is 11.1. The normalized spacial score (nSPS) is 12.2. The summed E-state index contributed by atoms with van der Waals surface area (Å²) in [5.74, 6) is -1.16. The number of hydrogen-bond donors (Lipinski definition) is 4. The van der Waals surface area contributed by atoms with Gasteiger partial charge in [-0.3, -0.25) is 9.98 Å². The van der Waals surface area contributed by atoms with Crippen LogP contribution in [0.25, 0.3) is 0 Å². The predicted molar refractivity (Wildman–Crippen MR) is 82.0 cm³/mol. The number of nitrogens with zero attached hydrogens (tertiary/aromatic N) is 2. The number of aliphatic imine (C=N–C) groups is 2. The number of rotatable bonds is 7. The van der Waals surface area contributed by atoms with Gasteiger partial charge in [0.25, 0.3) is 0 Å². The van der Waals surface area contributed by atoms with E-state index in [4.69, 9.17) is 28.2 Å². The zero-order valence-electron chi connectivity index (χ0n) is 11.2. The van der Waals surface area contributed by atoms with Gasteiger partial charge in [0.05, 0.1) is 10.6 Å². The highest BCUT2D eigenvalue weighted by atomic mass is 35.5. The van der Waals surface area contributed by atoms with E-state index in [1.165, 1.54) is 12.3 Å². The second-order valence-corrected chi connectivity index (χ2v) is 4.66. The fourth-order valence-corrected chi connectivity index (χ4v) is 1.79. The number of guanidine groups is 1. The van der Waals surface area contributed by atoms with E-state index >= 15 is 0 Å². The third-order valence-corrected chi connectivity index (χ3v) is 2.96. The molecule has 1 aromatic rings. The van der Waals surface area contributed by atoms with Crippen LogP contribution >= 0.6 is 11.6 Å². The topological polar surface area (TPSA) is 134 Å². The maximum Gasteiger partial charge on any atom is 0.328 e. The molecule has 1 rings (SSSR count). The molecule has 0 fully saturated rings. The number of aliphatic carboxylic acids is 1. The largest absolute Gasteiger partial charge is 0.507 e. The molecule has 0 saturated heterocycles. The molecular formula is C13H17ClN4O3. The molecule has 1 atom stereocenters. The van der Waals surface area contributed by atoms with Crippen LogP contribution in [0.15, 0.2) is 28.2 Å². The van der Waals surface area contributed by atoms with E-state index in [9.17, 15) is 9.90 Å². The highest BCUT2D eigenvalue weighted by molar-refractivity contribution is 6.33. The SMILES string of the molecule is NC(N)=NCCCC(N=Cc1c(O)cccc1Cl)C(=O)O. The first-order valence-electron chi connectivity index (χ1n) is 6.20. The number of carboxylic acid groups (broad SMARTS) is 1. The van der Waals surface area contributed by atoms with Gasteiger partial charge in [0.15, 0.2) is 5.96 Å². The van der Waals surface area contributed by atoms with E-state index in [0.29, 0.717) is 18.0 Å². The molecule has 0 aliphatic heterocycles. The van der Waals surface area contributed by atoms with Gasteiger partial charge in [-0.25, -0.2) is 4.79 Å². The van der Waals surface area contributed by atoms with Gasteiger partial charge in [-0.2, -0.15) is 0 Å². The molecule has 0 radical (unpaired) electrons. The van der Waals surface area contributed by atoms with Crippen molar-refractivity contribution in [2.45, 2.75) is 18.9 Å². The minimum absolute atomic E-state index is 0.0358. The Morgan fingerprint density at radius 3 is 2.71 bits per heavy atom. The van der Waals surface area contributed by atoms with Crippen LogP contribution in [-0.4, -0.2) is 40.9 Å². The first-order valence-corrected chi connectivity index (χ1v) is 6.58. The minimum Gasteiger partial charge on any atom is -0.507 e. The smallest absolute Gasteiger partial charge is 0.328 e. The summed E-state index contributed by atoms with van der Waals surface area (Å²) in [6.07, 6.45) is 2.01. The summed E-state index contributed by atoms with van der Waals surface area (Å²) in [5, 5.41) is 19.0. The average molecular weight is 313 g/mol. The summed E-state index contributed by atoms with van der Waals surface area (Å²) in [6.45, 7) is 0.332. The van der Waals surface area contributed by atoms with E-state index in [0.717, 1.165) is 0 Å². The van der Waals surface area contributed by atoms with Gasteiger partial charge < -0.3 is 21.7 Å². The molecule has 8 heteroatoms. The quantitative estimate of drug-likeness (QED) is 0.338. The molecule has 21 heavy (non-hydrogen) atoms. The Kier molecular flexibility index (Phi) is 6.48. The molecule has 0 aliphatic carbocycles. The van der Waals surface area contributed by atoms with Gasteiger partial charge in [0, 0.05) is 12.8 Å². The zero-order chi connectivity index (χ0) is 15.8. The van der Waals surface area contributed by atoms with Crippen LogP contribution in [0.2, 0.25) is 5.02 Å². The highest BCUT2D eigenvalue weighted by Crippen LogP contribution is 2.23. The molecule has 114 valence electrons. The van der Waals surface area contributed by atoms with Gasteiger partial charge in [-0.1, -0.05) is 17.7 Å². The van der Waals surface area contributed by atoms with Gasteiger partial charge in [-0.15, -0.1) is 0 Å². The lowest BCUT2D eigenvalue weighted by Gasteiger charge is -2.07. The number of nitrogens with two attached hydrogens (primary N) is 2. The lowest BCUT2D eigenvalue weighted by molar-refractivity contribution is -0.138. The lowest BCUT2D eigenvalue weighted by Crippen LogP contribution is -2.23. The Labute approximate surface area is 127 Å². The summed E-state index contributed by atoms with van der Waals surface area (Å²) in [7, 11) is 0. The van der Waals surface area contributed by atoms with Crippen molar-refractivity contribution in [3.8, 4) is 5.75 Å². The predicted octanol–water partition coefficient (Wildman–Crippen LogP) is 0.971. The number of aromatic hydroxyl groups is 1. The Hall–Kier alpha value is -2.28. The van der Waals surface area contributed by atoms with Crippen molar-refractivity contribution in [2.75, 3.05) is 6.54 Å². The van der Waals surface area contributed by atoms with Crippen LogP contribution in [0.1, 0.15) is 18.4 Å². The van der Waals surface area contributed by atoms with Gasteiger partial charge >= 0.3 is 5.97 Å². The minimum atomic E-state index is -1.07. The number of phenols is 1. The van der Waals surface area contributed by atoms with E-state index < -0.39 is 12.0 Å². The van der Waals surface area contributed by atoms with Crippen LogP contribution in [-0.2, 0) is 4.79 Å². The molecule has 0 bridgehead atoms. The van der Waals surface area contributed by atoms with Crippen molar-refractivity contribution in [1.29, 1.82) is 0 Å². The Balaban J connectivity index is 2.72. The van der Waals surface area contributed by atoms with E-state index in [-0.39, 0.29) is 23.7 Å². The fraction of sp³-hybridized carbons (Fsp3) is 0.308. The summed E-state index contributed by atoms with van der Waals surface area (Å²) in [4.78, 5) is 18.8. The first-order chi connectivity index (χ1) is 9.91. The monoisotopic (exact) mass is 312 g/mol. The molecule has 7 nitrogen and oxygen atoms in total. The summed E-state index contributed by atoms with van der Waals surface area (Å²) < 4.78 is 0. The highest BCUT2D eigenvalue weighted by Gasteiger charge is 2.15. The second kappa shape index (κ2) is 8.11. The van der Waals surface area contributed by atoms with Crippen molar-refractivity contribution in [3.05, 3.63) is 28.8 Å². The summed E-state index contributed by atoms with van der Waals surface area (Å²) in [5.41, 5.74) is 10.6. The average Bonchev–Trinajstić information content (AvgIpc) is 2.39. The summed E-state index contributed by atoms with van der Waals surface area (Å²) >= 11 is 5.91. The number of hydrogen-bond acceptors (Lipinski definition) is 4. The van der Waals surface area contributed by atoms with Gasteiger partial charge in [0.2, 0.25) is 0 Å². The second-order valence-electron chi connectivity index (χ2n) is 4.25. The fourth-order valence-electron chi connectivity index (χ4n) is 1.57. The van der Waals surface area contributed by atoms with Crippen LogP contribution in [0.5, 0.6) is 5.75 Å². The number of halogens is 1. The molecule has 0 amide bonds. The number of carbonyl (C=O) groups is 1. The van der Waals surface area contributed by atoms with Crippen molar-refractivity contribution in [3.63, 3.8) is 0 Å². The van der Waals surface area contributed by atoms with E-state index in [1.807, 2.05) is 0 Å². The molecular weight excluding hydrogens is 296 g/mol. The third kappa shape index (κ3) is 5.70. The molecule has 0 spiro atoms. The van der Waals surface area contributed by atoms with Crippen molar-refractivity contribution in [1.82, 2.24) is 0 Å². The Morgan fingerprint density at radius 1 is 1.43 bits per heavy atom. The number of carboxylic acids is 1. The molecule has 0 heterocycles. The molecule has 0 saturated carbocycles. The Bertz CT molecular complexity index is 536. The van der Waals surface area contributed by atoms with Crippen molar-refractivity contribution >= 4 is 29.7 Å². The third-order valence-electron chi connectivity index (χ3n) is 2.63. The first kappa shape index (κ1) is 16.8.